The summed E-state index contributed by atoms with van der Waals surface area (Å²) < 4.78 is 4.81. The number of carbonyl (C=O) groups is 2. The predicted octanol–water partition coefficient (Wildman–Crippen LogP) is 1.25. The van der Waals surface area contributed by atoms with Crippen LogP contribution in [0.25, 0.3) is 0 Å². The summed E-state index contributed by atoms with van der Waals surface area (Å²) in [7, 11) is 1.46. The van der Waals surface area contributed by atoms with E-state index in [1.807, 2.05) is 0 Å². The lowest BCUT2D eigenvalue weighted by Crippen LogP contribution is -2.25. The minimum absolute atomic E-state index is 0.0874. The van der Waals surface area contributed by atoms with E-state index in [1.165, 1.54) is 7.05 Å². The van der Waals surface area contributed by atoms with Crippen molar-refractivity contribution in [2.75, 3.05) is 13.7 Å². The zero-order chi connectivity index (χ0) is 13.0. The third-order valence-electron chi connectivity index (χ3n) is 2.12. The molecule has 6 heteroatoms. The van der Waals surface area contributed by atoms with Crippen molar-refractivity contribution in [3.05, 3.63) is 28.0 Å². The zero-order valence-corrected chi connectivity index (χ0v) is 10.6. The van der Waals surface area contributed by atoms with E-state index in [2.05, 4.69) is 10.3 Å². The SMILES string of the molecule is CNC(=O)COC(=O)c1c(C)cc(C)nc1Cl. The molecule has 1 amide bonds. The van der Waals surface area contributed by atoms with E-state index in [0.717, 1.165) is 5.69 Å². The maximum Gasteiger partial charge on any atom is 0.342 e. The summed E-state index contributed by atoms with van der Waals surface area (Å²) in [6, 6.07) is 1.72. The fourth-order valence-electron chi connectivity index (χ4n) is 1.31. The number of esters is 1. The Morgan fingerprint density at radius 3 is 2.65 bits per heavy atom. The predicted molar refractivity (Wildman–Crippen MR) is 63.1 cm³/mol. The maximum atomic E-state index is 11.7. The largest absolute Gasteiger partial charge is 0.452 e. The highest BCUT2D eigenvalue weighted by molar-refractivity contribution is 6.32. The van der Waals surface area contributed by atoms with E-state index in [9.17, 15) is 9.59 Å². The Labute approximate surface area is 104 Å². The Kier molecular flexibility index (Phi) is 4.45. The molecule has 0 fully saturated rings. The number of carbonyl (C=O) groups excluding carboxylic acids is 2. The van der Waals surface area contributed by atoms with Gasteiger partial charge in [0.15, 0.2) is 6.61 Å². The molecule has 1 N–H and O–H groups in total. The summed E-state index contributed by atoms with van der Waals surface area (Å²) in [6.45, 7) is 3.18. The number of pyridine rings is 1. The highest BCUT2D eigenvalue weighted by Crippen LogP contribution is 2.19. The van der Waals surface area contributed by atoms with Crippen molar-refractivity contribution < 1.29 is 14.3 Å². The molecule has 0 spiro atoms. The number of aromatic nitrogens is 1. The molecule has 0 aliphatic rings. The van der Waals surface area contributed by atoms with Crippen LogP contribution in [0.4, 0.5) is 0 Å². The molecule has 17 heavy (non-hydrogen) atoms. The second-order valence-corrected chi connectivity index (χ2v) is 3.85. The molecule has 1 rings (SSSR count). The van der Waals surface area contributed by atoms with Gasteiger partial charge in [-0.05, 0) is 25.5 Å². The highest BCUT2D eigenvalue weighted by Gasteiger charge is 2.17. The highest BCUT2D eigenvalue weighted by atomic mass is 35.5. The second-order valence-electron chi connectivity index (χ2n) is 3.50. The first-order valence-corrected chi connectivity index (χ1v) is 5.35. The topological polar surface area (TPSA) is 68.3 Å². The molecule has 0 radical (unpaired) electrons. The van der Waals surface area contributed by atoms with Crippen molar-refractivity contribution >= 4 is 23.5 Å². The van der Waals surface area contributed by atoms with Crippen molar-refractivity contribution in [1.29, 1.82) is 0 Å². The van der Waals surface area contributed by atoms with E-state index < -0.39 is 5.97 Å². The molecule has 0 aliphatic heterocycles. The quantitative estimate of drug-likeness (QED) is 0.653. The molecule has 0 atom stereocenters. The van der Waals surface area contributed by atoms with Gasteiger partial charge in [0.05, 0.1) is 5.56 Å². The third kappa shape index (κ3) is 3.42. The number of nitrogens with zero attached hydrogens (tertiary/aromatic N) is 1. The normalized spacial score (nSPS) is 9.88. The molecule has 5 nitrogen and oxygen atoms in total. The van der Waals surface area contributed by atoms with Gasteiger partial charge in [-0.2, -0.15) is 0 Å². The summed E-state index contributed by atoms with van der Waals surface area (Å²) in [5, 5.41) is 2.43. The van der Waals surface area contributed by atoms with Gasteiger partial charge >= 0.3 is 5.97 Å². The average Bonchev–Trinajstić information content (AvgIpc) is 2.24. The molecule has 0 unspecified atom stereocenters. The number of rotatable bonds is 3. The van der Waals surface area contributed by atoms with E-state index in [4.69, 9.17) is 16.3 Å². The van der Waals surface area contributed by atoms with Crippen LogP contribution in [0.3, 0.4) is 0 Å². The number of aryl methyl sites for hydroxylation is 2. The lowest BCUT2D eigenvalue weighted by molar-refractivity contribution is -0.123. The number of likely N-dealkylation sites (N-methyl/N-ethyl adjacent to an activating group) is 1. The van der Waals surface area contributed by atoms with Gasteiger partial charge in [-0.1, -0.05) is 11.6 Å². The zero-order valence-electron chi connectivity index (χ0n) is 9.83. The number of halogens is 1. The molecule has 92 valence electrons. The molecule has 0 bridgehead atoms. The van der Waals surface area contributed by atoms with Crippen LogP contribution in [0.15, 0.2) is 6.07 Å². The minimum Gasteiger partial charge on any atom is -0.452 e. The average molecular weight is 257 g/mol. The summed E-state index contributed by atoms with van der Waals surface area (Å²) in [5.41, 5.74) is 1.58. The number of hydrogen-bond donors (Lipinski definition) is 1. The Hall–Kier alpha value is -1.62. The van der Waals surface area contributed by atoms with Gasteiger partial charge in [0.25, 0.3) is 5.91 Å². The van der Waals surface area contributed by atoms with E-state index in [0.29, 0.717) is 5.56 Å². The van der Waals surface area contributed by atoms with Crippen LogP contribution in [-0.2, 0) is 9.53 Å². The molecular weight excluding hydrogens is 244 g/mol. The molecular formula is C11H13ClN2O3. The van der Waals surface area contributed by atoms with E-state index in [-0.39, 0.29) is 23.2 Å². The molecule has 0 saturated carbocycles. The van der Waals surface area contributed by atoms with Crippen LogP contribution in [0.5, 0.6) is 0 Å². The molecule has 0 saturated heterocycles. The van der Waals surface area contributed by atoms with E-state index >= 15 is 0 Å². The van der Waals surface area contributed by atoms with Gasteiger partial charge in [0, 0.05) is 12.7 Å². The second kappa shape index (κ2) is 5.63. The van der Waals surface area contributed by atoms with Crippen LogP contribution < -0.4 is 5.32 Å². The first kappa shape index (κ1) is 13.4. The summed E-state index contributed by atoms with van der Waals surface area (Å²) in [5.74, 6) is -1.03. The van der Waals surface area contributed by atoms with Crippen LogP contribution in [0.2, 0.25) is 5.15 Å². The lowest BCUT2D eigenvalue weighted by atomic mass is 10.1. The smallest absolute Gasteiger partial charge is 0.342 e. The molecule has 0 aliphatic carbocycles. The molecule has 0 aromatic carbocycles. The van der Waals surface area contributed by atoms with Crippen molar-refractivity contribution in [1.82, 2.24) is 10.3 Å². The van der Waals surface area contributed by atoms with Crippen LogP contribution in [-0.4, -0.2) is 30.5 Å². The first-order valence-electron chi connectivity index (χ1n) is 4.97. The Morgan fingerprint density at radius 2 is 2.12 bits per heavy atom. The van der Waals surface area contributed by atoms with Crippen molar-refractivity contribution in [2.45, 2.75) is 13.8 Å². The van der Waals surface area contributed by atoms with E-state index in [1.54, 1.807) is 19.9 Å². The fraction of sp³-hybridized carbons (Fsp3) is 0.364. The minimum atomic E-state index is -0.649. The number of amides is 1. The van der Waals surface area contributed by atoms with Gasteiger partial charge in [-0.15, -0.1) is 0 Å². The molecule has 1 aromatic heterocycles. The summed E-state index contributed by atoms with van der Waals surface area (Å²) in [6.07, 6.45) is 0. The van der Waals surface area contributed by atoms with Gasteiger partial charge in [0.1, 0.15) is 5.15 Å². The van der Waals surface area contributed by atoms with Crippen LogP contribution >= 0.6 is 11.6 Å². The van der Waals surface area contributed by atoms with Gasteiger partial charge in [-0.25, -0.2) is 9.78 Å². The van der Waals surface area contributed by atoms with Crippen LogP contribution in [0, 0.1) is 13.8 Å². The Balaban J connectivity index is 2.86. The molecule has 1 heterocycles. The number of nitrogens with one attached hydrogen (secondary N) is 1. The third-order valence-corrected chi connectivity index (χ3v) is 2.39. The maximum absolute atomic E-state index is 11.7. The first-order chi connectivity index (χ1) is 7.95. The Morgan fingerprint density at radius 1 is 1.47 bits per heavy atom. The lowest BCUT2D eigenvalue weighted by Gasteiger charge is -2.08. The number of ether oxygens (including phenoxy) is 1. The van der Waals surface area contributed by atoms with Crippen molar-refractivity contribution in [3.8, 4) is 0 Å². The fourth-order valence-corrected chi connectivity index (χ4v) is 1.67. The van der Waals surface area contributed by atoms with Gasteiger partial charge in [0.2, 0.25) is 0 Å². The van der Waals surface area contributed by atoms with Crippen molar-refractivity contribution in [2.24, 2.45) is 0 Å². The number of hydrogen-bond acceptors (Lipinski definition) is 4. The summed E-state index contributed by atoms with van der Waals surface area (Å²) in [4.78, 5) is 26.6. The molecule has 1 aromatic rings. The monoisotopic (exact) mass is 256 g/mol. The van der Waals surface area contributed by atoms with Crippen molar-refractivity contribution in [3.63, 3.8) is 0 Å². The summed E-state index contributed by atoms with van der Waals surface area (Å²) >= 11 is 5.87. The standard InChI is InChI=1S/C11H13ClN2O3/c1-6-4-7(2)14-10(12)9(6)11(16)17-5-8(15)13-3/h4H,5H2,1-3H3,(H,13,15). The Bertz CT molecular complexity index is 437. The van der Waals surface area contributed by atoms with Gasteiger partial charge < -0.3 is 10.1 Å². The van der Waals surface area contributed by atoms with Gasteiger partial charge in [-0.3, -0.25) is 4.79 Å². The van der Waals surface area contributed by atoms with Crippen LogP contribution in [0.1, 0.15) is 21.6 Å².